The second kappa shape index (κ2) is 10.1. The van der Waals surface area contributed by atoms with Crippen LogP contribution in [0.4, 0.5) is 0 Å². The van der Waals surface area contributed by atoms with Crippen LogP contribution in [0.15, 0.2) is 45.3 Å². The van der Waals surface area contributed by atoms with Crippen molar-refractivity contribution in [1.29, 1.82) is 0 Å². The van der Waals surface area contributed by atoms with Gasteiger partial charge in [-0.15, -0.1) is 11.3 Å². The molecule has 0 amide bonds. The summed E-state index contributed by atoms with van der Waals surface area (Å²) in [5, 5.41) is 5.60. The summed E-state index contributed by atoms with van der Waals surface area (Å²) < 4.78 is 5.38. The molecule has 0 unspecified atom stereocenters. The highest BCUT2D eigenvalue weighted by Gasteiger charge is 2.07. The maximum absolute atomic E-state index is 5.38. The van der Waals surface area contributed by atoms with Crippen LogP contribution in [0.25, 0.3) is 0 Å². The lowest BCUT2D eigenvalue weighted by molar-refractivity contribution is 0.475. The van der Waals surface area contributed by atoms with Crippen LogP contribution in [0.5, 0.6) is 0 Å². The minimum atomic E-state index is 0.835. The highest BCUT2D eigenvalue weighted by molar-refractivity contribution is 7.09. The van der Waals surface area contributed by atoms with Crippen molar-refractivity contribution < 1.29 is 4.42 Å². The molecule has 0 aromatic carbocycles. The molecular formula is C18H27N3OS. The molecule has 0 spiro atoms. The van der Waals surface area contributed by atoms with E-state index in [-0.39, 0.29) is 0 Å². The SMILES string of the molecule is CCCCN=C(NCCc1ccco1)N(C)CCc1cccs1. The van der Waals surface area contributed by atoms with Crippen molar-refractivity contribution in [2.75, 3.05) is 26.7 Å². The molecule has 0 saturated heterocycles. The standard InChI is InChI=1S/C18H27N3OS/c1-3-4-11-19-18(20-12-9-16-7-5-14-22-16)21(2)13-10-17-8-6-15-23-17/h5-8,14-15H,3-4,9-13H2,1-2H3,(H,19,20). The first-order chi connectivity index (χ1) is 11.3. The summed E-state index contributed by atoms with van der Waals surface area (Å²) in [5.41, 5.74) is 0. The van der Waals surface area contributed by atoms with Gasteiger partial charge in [0.2, 0.25) is 0 Å². The Kier molecular flexibility index (Phi) is 7.73. The number of thiophene rings is 1. The van der Waals surface area contributed by atoms with Crippen LogP contribution in [0, 0.1) is 0 Å². The molecule has 2 aromatic heterocycles. The van der Waals surface area contributed by atoms with Gasteiger partial charge in [-0.25, -0.2) is 0 Å². The molecule has 0 radical (unpaired) electrons. The van der Waals surface area contributed by atoms with Gasteiger partial charge in [0.25, 0.3) is 0 Å². The monoisotopic (exact) mass is 333 g/mol. The van der Waals surface area contributed by atoms with Gasteiger partial charge >= 0.3 is 0 Å². The molecule has 0 saturated carbocycles. The van der Waals surface area contributed by atoms with E-state index in [9.17, 15) is 0 Å². The minimum Gasteiger partial charge on any atom is -0.469 e. The van der Waals surface area contributed by atoms with Crippen molar-refractivity contribution in [3.05, 3.63) is 46.5 Å². The largest absolute Gasteiger partial charge is 0.469 e. The second-order valence-corrected chi connectivity index (χ2v) is 6.60. The lowest BCUT2D eigenvalue weighted by Gasteiger charge is -2.22. The van der Waals surface area contributed by atoms with E-state index < -0.39 is 0 Å². The molecule has 0 aliphatic carbocycles. The molecule has 1 N–H and O–H groups in total. The Hall–Kier alpha value is -1.75. The smallest absolute Gasteiger partial charge is 0.193 e. The lowest BCUT2D eigenvalue weighted by Crippen LogP contribution is -2.41. The van der Waals surface area contributed by atoms with E-state index >= 15 is 0 Å². The number of unbranched alkanes of at least 4 members (excludes halogenated alkanes) is 1. The third-order valence-corrected chi connectivity index (χ3v) is 4.58. The molecule has 0 fully saturated rings. The zero-order valence-corrected chi connectivity index (χ0v) is 14.9. The average Bonchev–Trinajstić information content (AvgIpc) is 3.25. The van der Waals surface area contributed by atoms with Gasteiger partial charge in [-0.05, 0) is 36.4 Å². The van der Waals surface area contributed by atoms with Gasteiger partial charge in [-0.3, -0.25) is 4.99 Å². The van der Waals surface area contributed by atoms with Crippen molar-refractivity contribution in [1.82, 2.24) is 10.2 Å². The van der Waals surface area contributed by atoms with Gasteiger partial charge in [-0.2, -0.15) is 0 Å². The third kappa shape index (κ3) is 6.48. The summed E-state index contributed by atoms with van der Waals surface area (Å²) >= 11 is 1.81. The van der Waals surface area contributed by atoms with Crippen LogP contribution in [-0.4, -0.2) is 37.5 Å². The second-order valence-electron chi connectivity index (χ2n) is 5.57. The predicted molar refractivity (Wildman–Crippen MR) is 98.3 cm³/mol. The van der Waals surface area contributed by atoms with E-state index in [1.807, 2.05) is 23.5 Å². The van der Waals surface area contributed by atoms with Crippen molar-refractivity contribution in [2.45, 2.75) is 32.6 Å². The van der Waals surface area contributed by atoms with Crippen LogP contribution < -0.4 is 5.32 Å². The van der Waals surface area contributed by atoms with E-state index in [0.29, 0.717) is 0 Å². The number of nitrogens with zero attached hydrogens (tertiary/aromatic N) is 2. The van der Waals surface area contributed by atoms with Crippen LogP contribution in [0.1, 0.15) is 30.4 Å². The van der Waals surface area contributed by atoms with E-state index in [0.717, 1.165) is 50.6 Å². The van der Waals surface area contributed by atoms with Crippen molar-refractivity contribution in [2.24, 2.45) is 4.99 Å². The molecular weight excluding hydrogens is 306 g/mol. The number of guanidine groups is 1. The van der Waals surface area contributed by atoms with E-state index in [4.69, 9.17) is 9.41 Å². The van der Waals surface area contributed by atoms with Crippen molar-refractivity contribution in [3.8, 4) is 0 Å². The predicted octanol–water partition coefficient (Wildman–Crippen LogP) is 3.80. The van der Waals surface area contributed by atoms with Gasteiger partial charge in [0, 0.05) is 38.0 Å². The summed E-state index contributed by atoms with van der Waals surface area (Å²) in [6.45, 7) is 4.88. The zero-order valence-electron chi connectivity index (χ0n) is 14.1. The van der Waals surface area contributed by atoms with Crippen molar-refractivity contribution in [3.63, 3.8) is 0 Å². The summed E-state index contributed by atoms with van der Waals surface area (Å²) in [4.78, 5) is 8.37. The number of aliphatic imine (C=N–C) groups is 1. The summed E-state index contributed by atoms with van der Waals surface area (Å²) in [5.74, 6) is 1.99. The summed E-state index contributed by atoms with van der Waals surface area (Å²) in [6, 6.07) is 8.24. The summed E-state index contributed by atoms with van der Waals surface area (Å²) in [7, 11) is 2.11. The van der Waals surface area contributed by atoms with E-state index in [2.05, 4.69) is 41.7 Å². The average molecular weight is 334 g/mol. The van der Waals surface area contributed by atoms with Gasteiger partial charge in [0.1, 0.15) is 5.76 Å². The Morgan fingerprint density at radius 3 is 2.91 bits per heavy atom. The zero-order chi connectivity index (χ0) is 16.3. The van der Waals surface area contributed by atoms with Crippen molar-refractivity contribution >= 4 is 17.3 Å². The highest BCUT2D eigenvalue weighted by atomic mass is 32.1. The first-order valence-electron chi connectivity index (χ1n) is 8.33. The number of furan rings is 1. The number of rotatable bonds is 9. The first-order valence-corrected chi connectivity index (χ1v) is 9.21. The minimum absolute atomic E-state index is 0.835. The normalized spacial score (nSPS) is 11.7. The van der Waals surface area contributed by atoms with E-state index in [1.165, 1.54) is 11.3 Å². The fraction of sp³-hybridized carbons (Fsp3) is 0.500. The van der Waals surface area contributed by atoms with Gasteiger partial charge < -0.3 is 14.6 Å². The fourth-order valence-corrected chi connectivity index (χ4v) is 2.94. The molecule has 0 atom stereocenters. The number of hydrogen-bond donors (Lipinski definition) is 1. The maximum atomic E-state index is 5.38. The van der Waals surface area contributed by atoms with Crippen LogP contribution in [-0.2, 0) is 12.8 Å². The molecule has 2 aromatic rings. The van der Waals surface area contributed by atoms with Crippen LogP contribution >= 0.6 is 11.3 Å². The Bertz CT molecular complexity index is 549. The van der Waals surface area contributed by atoms with Gasteiger partial charge in [0.15, 0.2) is 5.96 Å². The first kappa shape index (κ1) is 17.6. The molecule has 5 heteroatoms. The lowest BCUT2D eigenvalue weighted by atomic mass is 10.3. The van der Waals surface area contributed by atoms with E-state index in [1.54, 1.807) is 6.26 Å². The Balaban J connectivity index is 1.82. The molecule has 0 aliphatic heterocycles. The molecule has 0 bridgehead atoms. The molecule has 4 nitrogen and oxygen atoms in total. The van der Waals surface area contributed by atoms with Crippen LogP contribution in [0.3, 0.4) is 0 Å². The highest BCUT2D eigenvalue weighted by Crippen LogP contribution is 2.09. The quantitative estimate of drug-likeness (QED) is 0.431. The molecule has 23 heavy (non-hydrogen) atoms. The fourth-order valence-electron chi connectivity index (χ4n) is 2.25. The molecule has 0 aliphatic rings. The topological polar surface area (TPSA) is 40.8 Å². The summed E-state index contributed by atoms with van der Waals surface area (Å²) in [6.07, 6.45) is 5.95. The van der Waals surface area contributed by atoms with Crippen LogP contribution in [0.2, 0.25) is 0 Å². The number of likely N-dealkylation sites (N-methyl/N-ethyl adjacent to an activating group) is 1. The van der Waals surface area contributed by atoms with Gasteiger partial charge in [-0.1, -0.05) is 19.4 Å². The molecule has 126 valence electrons. The number of nitrogens with one attached hydrogen (secondary N) is 1. The molecule has 2 heterocycles. The molecule has 2 rings (SSSR count). The Labute approximate surface area is 143 Å². The Morgan fingerprint density at radius 1 is 1.30 bits per heavy atom. The Morgan fingerprint density at radius 2 is 2.22 bits per heavy atom. The number of hydrogen-bond acceptors (Lipinski definition) is 3. The maximum Gasteiger partial charge on any atom is 0.193 e. The third-order valence-electron chi connectivity index (χ3n) is 3.64. The van der Waals surface area contributed by atoms with Gasteiger partial charge in [0.05, 0.1) is 6.26 Å².